The second-order valence-corrected chi connectivity index (χ2v) is 6.46. The summed E-state index contributed by atoms with van der Waals surface area (Å²) in [6.45, 7) is 1.16. The van der Waals surface area contributed by atoms with E-state index in [1.807, 2.05) is 0 Å². The molecule has 1 fully saturated rings. The van der Waals surface area contributed by atoms with E-state index in [0.717, 1.165) is 4.57 Å². The fourth-order valence-electron chi connectivity index (χ4n) is 2.09. The number of aromatic nitrogens is 2. The zero-order chi connectivity index (χ0) is 15.7. The molecule has 2 aromatic rings. The molecular weight excluding hydrogens is 312 g/mol. The van der Waals surface area contributed by atoms with Crippen molar-refractivity contribution >= 4 is 21.9 Å². The van der Waals surface area contributed by atoms with Crippen molar-refractivity contribution in [3.05, 3.63) is 30.3 Å². The predicted molar refractivity (Wildman–Crippen MR) is 74.7 cm³/mol. The van der Waals surface area contributed by atoms with Gasteiger partial charge in [-0.25, -0.2) is 18.0 Å². The van der Waals surface area contributed by atoms with Gasteiger partial charge in [-0.15, -0.1) is 0 Å². The first-order valence-electron chi connectivity index (χ1n) is 6.51. The molecule has 0 bridgehead atoms. The fourth-order valence-corrected chi connectivity index (χ4v) is 3.41. The van der Waals surface area contributed by atoms with E-state index in [4.69, 9.17) is 14.9 Å². The van der Waals surface area contributed by atoms with Crippen molar-refractivity contribution in [1.29, 1.82) is 0 Å². The Kier molecular flexibility index (Phi) is 3.72. The van der Waals surface area contributed by atoms with Crippen molar-refractivity contribution in [1.82, 2.24) is 13.9 Å². The summed E-state index contributed by atoms with van der Waals surface area (Å²) < 4.78 is 37.5. The van der Waals surface area contributed by atoms with Crippen molar-refractivity contribution in [2.45, 2.75) is 5.09 Å². The molecule has 0 unspecified atom stereocenters. The molecule has 1 saturated heterocycles. The van der Waals surface area contributed by atoms with Crippen LogP contribution in [0.2, 0.25) is 0 Å². The zero-order valence-electron chi connectivity index (χ0n) is 11.5. The molecule has 0 aromatic carbocycles. The number of hydrogen-bond donors (Lipinski definition) is 1. The zero-order valence-corrected chi connectivity index (χ0v) is 12.3. The summed E-state index contributed by atoms with van der Waals surface area (Å²) in [6, 6.07) is 2.56. The first kappa shape index (κ1) is 14.8. The smallest absolute Gasteiger partial charge is 0.300 e. The molecule has 0 radical (unpaired) electrons. The first-order valence-corrected chi connectivity index (χ1v) is 7.95. The second-order valence-electron chi connectivity index (χ2n) is 4.60. The average Bonchev–Trinajstić information content (AvgIpc) is 3.17. The molecule has 0 spiro atoms. The molecule has 0 amide bonds. The highest BCUT2D eigenvalue weighted by Gasteiger charge is 2.30. The lowest BCUT2D eigenvalue weighted by Gasteiger charge is -2.24. The lowest BCUT2D eigenvalue weighted by Crippen LogP contribution is -2.40. The van der Waals surface area contributed by atoms with Crippen LogP contribution in [0.4, 0.5) is 5.95 Å². The Morgan fingerprint density at radius 2 is 2.00 bits per heavy atom. The summed E-state index contributed by atoms with van der Waals surface area (Å²) >= 11 is 0. The average molecular weight is 326 g/mol. The monoisotopic (exact) mass is 326 g/mol. The van der Waals surface area contributed by atoms with Crippen LogP contribution in [-0.4, -0.2) is 54.5 Å². The van der Waals surface area contributed by atoms with Crippen LogP contribution >= 0.6 is 0 Å². The van der Waals surface area contributed by atoms with Gasteiger partial charge in [0.1, 0.15) is 0 Å². The summed E-state index contributed by atoms with van der Waals surface area (Å²) in [5, 5.41) is -0.281. The third-order valence-electron chi connectivity index (χ3n) is 3.24. The fraction of sp³-hybridized carbons (Fsp3) is 0.333. The van der Waals surface area contributed by atoms with Gasteiger partial charge in [0.15, 0.2) is 5.76 Å². The van der Waals surface area contributed by atoms with E-state index in [2.05, 4.69) is 4.98 Å². The van der Waals surface area contributed by atoms with Crippen LogP contribution in [0, 0.1) is 0 Å². The number of ether oxygens (including phenoxy) is 1. The van der Waals surface area contributed by atoms with E-state index in [1.54, 1.807) is 0 Å². The van der Waals surface area contributed by atoms with Gasteiger partial charge in [-0.1, -0.05) is 0 Å². The number of morpholine rings is 1. The van der Waals surface area contributed by atoms with Gasteiger partial charge in [0.05, 0.1) is 13.2 Å². The number of carbonyl (C=O) groups is 1. The number of rotatable bonds is 3. The van der Waals surface area contributed by atoms with Gasteiger partial charge in [0.2, 0.25) is 11.0 Å². The van der Waals surface area contributed by atoms with Crippen molar-refractivity contribution in [2.24, 2.45) is 0 Å². The topological polar surface area (TPSA) is 121 Å². The normalized spacial score (nSPS) is 16.7. The minimum absolute atomic E-state index is 0.000938. The molecule has 3 heterocycles. The third kappa shape index (κ3) is 2.51. The third-order valence-corrected chi connectivity index (χ3v) is 5.02. The lowest BCUT2D eigenvalue weighted by molar-refractivity contribution is 0.0722. The molecule has 2 N–H and O–H groups in total. The Labute approximate surface area is 126 Å². The van der Waals surface area contributed by atoms with Crippen LogP contribution in [0.3, 0.4) is 0 Å². The van der Waals surface area contributed by atoms with Gasteiger partial charge in [0.25, 0.3) is 15.9 Å². The molecule has 0 aliphatic carbocycles. The quantitative estimate of drug-likeness (QED) is 0.826. The van der Waals surface area contributed by atoms with Crippen LogP contribution in [-0.2, 0) is 14.8 Å². The molecule has 10 heteroatoms. The van der Waals surface area contributed by atoms with E-state index in [9.17, 15) is 13.2 Å². The van der Waals surface area contributed by atoms with Crippen molar-refractivity contribution in [2.75, 3.05) is 32.0 Å². The Morgan fingerprint density at radius 3 is 2.64 bits per heavy atom. The summed E-state index contributed by atoms with van der Waals surface area (Å²) in [5.41, 5.74) is 5.54. The predicted octanol–water partition coefficient (Wildman–Crippen LogP) is -0.232. The standard InChI is InChI=1S/C12H14N4O5S/c13-12-14-3-4-16(12)11(17)9-1-2-10(21-9)22(18,19)15-5-7-20-8-6-15/h1-4H,5-8H2,(H2,13,14). The van der Waals surface area contributed by atoms with Gasteiger partial charge in [-0.2, -0.15) is 4.31 Å². The number of sulfonamides is 1. The van der Waals surface area contributed by atoms with Gasteiger partial charge >= 0.3 is 0 Å². The maximum Gasteiger partial charge on any atom is 0.300 e. The number of furan rings is 1. The van der Waals surface area contributed by atoms with Gasteiger partial charge in [0, 0.05) is 25.5 Å². The molecule has 1 aliphatic rings. The van der Waals surface area contributed by atoms with Gasteiger partial charge in [-0.05, 0) is 12.1 Å². The van der Waals surface area contributed by atoms with Gasteiger partial charge < -0.3 is 14.9 Å². The molecule has 0 atom stereocenters. The highest BCUT2D eigenvalue weighted by atomic mass is 32.2. The number of anilines is 1. The molecule has 22 heavy (non-hydrogen) atoms. The maximum atomic E-state index is 12.4. The van der Waals surface area contributed by atoms with Crippen LogP contribution in [0.5, 0.6) is 0 Å². The Hall–Kier alpha value is -2.17. The number of nitrogens with zero attached hydrogens (tertiary/aromatic N) is 3. The number of nitrogens with two attached hydrogens (primary N) is 1. The molecule has 0 saturated carbocycles. The minimum atomic E-state index is -3.78. The molecule has 3 rings (SSSR count). The summed E-state index contributed by atoms with van der Waals surface area (Å²) in [4.78, 5) is 15.9. The molecule has 118 valence electrons. The van der Waals surface area contributed by atoms with Gasteiger partial charge in [-0.3, -0.25) is 4.79 Å². The largest absolute Gasteiger partial charge is 0.438 e. The van der Waals surface area contributed by atoms with Crippen LogP contribution in [0.1, 0.15) is 10.6 Å². The first-order chi connectivity index (χ1) is 10.5. The van der Waals surface area contributed by atoms with E-state index >= 15 is 0 Å². The van der Waals surface area contributed by atoms with Crippen molar-refractivity contribution in [3.63, 3.8) is 0 Å². The summed E-state index contributed by atoms with van der Waals surface area (Å²) in [7, 11) is -3.78. The van der Waals surface area contributed by atoms with Crippen LogP contribution in [0.15, 0.2) is 34.0 Å². The van der Waals surface area contributed by atoms with Crippen LogP contribution in [0.25, 0.3) is 0 Å². The Balaban J connectivity index is 1.87. The van der Waals surface area contributed by atoms with E-state index in [1.165, 1.54) is 28.8 Å². The number of hydrogen-bond acceptors (Lipinski definition) is 7. The Morgan fingerprint density at radius 1 is 1.27 bits per heavy atom. The number of imidazole rings is 1. The highest BCUT2D eigenvalue weighted by Crippen LogP contribution is 2.20. The molecular formula is C12H14N4O5S. The van der Waals surface area contributed by atoms with E-state index in [0.29, 0.717) is 13.2 Å². The van der Waals surface area contributed by atoms with Crippen molar-refractivity contribution in [3.8, 4) is 0 Å². The second kappa shape index (κ2) is 5.55. The summed E-state index contributed by atoms with van der Waals surface area (Å²) in [6.07, 6.45) is 2.73. The molecule has 1 aliphatic heterocycles. The van der Waals surface area contributed by atoms with Crippen molar-refractivity contribution < 1.29 is 22.4 Å². The SMILES string of the molecule is Nc1nccn1C(=O)c1ccc(S(=O)(=O)N2CCOCC2)o1. The Bertz CT molecular complexity index is 788. The summed E-state index contributed by atoms with van der Waals surface area (Å²) in [5.74, 6) is -0.714. The lowest BCUT2D eigenvalue weighted by atomic mass is 10.4. The highest BCUT2D eigenvalue weighted by molar-refractivity contribution is 7.89. The molecule has 9 nitrogen and oxygen atoms in total. The number of nitrogen functional groups attached to an aromatic ring is 1. The van der Waals surface area contributed by atoms with E-state index in [-0.39, 0.29) is 29.9 Å². The number of carbonyl (C=O) groups excluding carboxylic acids is 1. The minimum Gasteiger partial charge on any atom is -0.438 e. The molecule has 2 aromatic heterocycles. The van der Waals surface area contributed by atoms with E-state index < -0.39 is 15.9 Å². The van der Waals surface area contributed by atoms with Crippen LogP contribution < -0.4 is 5.73 Å². The maximum absolute atomic E-state index is 12.4.